The van der Waals surface area contributed by atoms with Crippen LogP contribution in [0.15, 0.2) is 89.0 Å². The van der Waals surface area contributed by atoms with Crippen molar-refractivity contribution in [2.24, 2.45) is 0 Å². The lowest BCUT2D eigenvalue weighted by Gasteiger charge is -2.07. The molecule has 0 bridgehead atoms. The third kappa shape index (κ3) is 4.17. The molecular formula is C24H18N4O3S. The molecule has 0 aliphatic heterocycles. The number of aromatic nitrogens is 2. The lowest BCUT2D eigenvalue weighted by atomic mass is 10.2. The monoisotopic (exact) mass is 442 g/mol. The number of amides is 2. The molecule has 32 heavy (non-hydrogen) atoms. The molecule has 0 aliphatic carbocycles. The summed E-state index contributed by atoms with van der Waals surface area (Å²) in [4.78, 5) is 30.1. The van der Waals surface area contributed by atoms with Crippen LogP contribution in [0.25, 0.3) is 16.2 Å². The van der Waals surface area contributed by atoms with Crippen LogP contribution in [0.3, 0.4) is 0 Å². The van der Waals surface area contributed by atoms with Crippen molar-refractivity contribution < 1.29 is 14.0 Å². The Morgan fingerprint density at radius 1 is 0.938 bits per heavy atom. The number of nitrogens with zero attached hydrogens (tertiary/aromatic N) is 2. The highest BCUT2D eigenvalue weighted by Gasteiger charge is 2.13. The maximum absolute atomic E-state index is 12.6. The number of fused-ring (bicyclic) bond motifs is 1. The summed E-state index contributed by atoms with van der Waals surface area (Å²) in [7, 11) is 0. The van der Waals surface area contributed by atoms with Crippen LogP contribution >= 0.6 is 11.3 Å². The van der Waals surface area contributed by atoms with Crippen molar-refractivity contribution in [1.29, 1.82) is 0 Å². The zero-order valence-corrected chi connectivity index (χ0v) is 17.6. The average molecular weight is 443 g/mol. The first-order valence-corrected chi connectivity index (χ1v) is 10.8. The quantitative estimate of drug-likeness (QED) is 0.383. The molecule has 3 aromatic heterocycles. The Morgan fingerprint density at radius 3 is 2.41 bits per heavy atom. The Kier molecular flexibility index (Phi) is 5.27. The molecule has 0 unspecified atom stereocenters. The minimum Gasteiger partial charge on any atom is -0.459 e. The maximum atomic E-state index is 12.6. The Hall–Kier alpha value is -4.17. The highest BCUT2D eigenvalue weighted by atomic mass is 32.1. The fraction of sp³-hybridized carbons (Fsp3) is 0.0417. The summed E-state index contributed by atoms with van der Waals surface area (Å²) in [6.45, 7) is 0. The molecule has 5 aromatic rings. The van der Waals surface area contributed by atoms with Crippen LogP contribution in [-0.2, 0) is 11.2 Å². The lowest BCUT2D eigenvalue weighted by Crippen LogP contribution is -2.15. The summed E-state index contributed by atoms with van der Waals surface area (Å²) in [6.07, 6.45) is 3.63. The number of anilines is 2. The predicted octanol–water partition coefficient (Wildman–Crippen LogP) is 5.09. The van der Waals surface area contributed by atoms with Gasteiger partial charge in [-0.1, -0.05) is 30.3 Å². The van der Waals surface area contributed by atoms with Crippen LogP contribution in [0.4, 0.5) is 11.4 Å². The van der Waals surface area contributed by atoms with Crippen LogP contribution < -0.4 is 10.6 Å². The number of imidazole rings is 1. The van der Waals surface area contributed by atoms with E-state index in [1.54, 1.807) is 36.4 Å². The molecule has 3 heterocycles. The first-order valence-electron chi connectivity index (χ1n) is 9.91. The first-order chi connectivity index (χ1) is 15.7. The summed E-state index contributed by atoms with van der Waals surface area (Å²) in [5.74, 6) is -0.227. The van der Waals surface area contributed by atoms with Gasteiger partial charge in [-0.15, -0.1) is 11.3 Å². The zero-order valence-electron chi connectivity index (χ0n) is 16.8. The van der Waals surface area contributed by atoms with Gasteiger partial charge >= 0.3 is 0 Å². The van der Waals surface area contributed by atoms with Gasteiger partial charge in [0.15, 0.2) is 10.7 Å². The third-order valence-electron chi connectivity index (χ3n) is 4.87. The summed E-state index contributed by atoms with van der Waals surface area (Å²) in [5.41, 5.74) is 4.05. The summed E-state index contributed by atoms with van der Waals surface area (Å²) in [5, 5.41) is 7.58. The van der Waals surface area contributed by atoms with E-state index < -0.39 is 0 Å². The van der Waals surface area contributed by atoms with Crippen LogP contribution in [0.1, 0.15) is 16.2 Å². The lowest BCUT2D eigenvalue weighted by molar-refractivity contribution is -0.115. The van der Waals surface area contributed by atoms with E-state index in [0.717, 1.165) is 21.9 Å². The van der Waals surface area contributed by atoms with Gasteiger partial charge in [0.1, 0.15) is 0 Å². The van der Waals surface area contributed by atoms with E-state index in [4.69, 9.17) is 4.42 Å². The number of carbonyl (C=O) groups excluding carboxylic acids is 2. The van der Waals surface area contributed by atoms with E-state index in [-0.39, 0.29) is 24.0 Å². The molecule has 158 valence electrons. The van der Waals surface area contributed by atoms with Crippen molar-refractivity contribution in [1.82, 2.24) is 9.38 Å². The van der Waals surface area contributed by atoms with Crippen molar-refractivity contribution in [3.05, 3.63) is 96.0 Å². The fourth-order valence-corrected chi connectivity index (χ4v) is 4.18. The van der Waals surface area contributed by atoms with Gasteiger partial charge in [-0.3, -0.25) is 14.0 Å². The smallest absolute Gasteiger partial charge is 0.291 e. The molecular weight excluding hydrogens is 424 g/mol. The third-order valence-corrected chi connectivity index (χ3v) is 5.75. The van der Waals surface area contributed by atoms with Crippen LogP contribution in [-0.4, -0.2) is 21.2 Å². The van der Waals surface area contributed by atoms with Crippen molar-refractivity contribution in [3.8, 4) is 11.3 Å². The van der Waals surface area contributed by atoms with E-state index in [1.165, 1.54) is 17.6 Å². The fourth-order valence-electron chi connectivity index (χ4n) is 3.31. The molecule has 0 saturated carbocycles. The maximum Gasteiger partial charge on any atom is 0.291 e. The number of furan rings is 1. The van der Waals surface area contributed by atoms with Gasteiger partial charge in [-0.2, -0.15) is 0 Å². The largest absolute Gasteiger partial charge is 0.459 e. The molecule has 0 fully saturated rings. The Balaban J connectivity index is 1.23. The Morgan fingerprint density at radius 2 is 1.69 bits per heavy atom. The molecule has 8 heteroatoms. The second kappa shape index (κ2) is 8.52. The first kappa shape index (κ1) is 19.8. The minimum atomic E-state index is -0.330. The second-order valence-corrected chi connectivity index (χ2v) is 7.94. The number of benzene rings is 2. The number of hydrogen-bond acceptors (Lipinski definition) is 5. The number of thiazole rings is 1. The van der Waals surface area contributed by atoms with Gasteiger partial charge in [0.05, 0.1) is 18.4 Å². The molecule has 0 radical (unpaired) electrons. The second-order valence-electron chi connectivity index (χ2n) is 7.11. The van der Waals surface area contributed by atoms with Gasteiger partial charge in [-0.05, 0) is 36.4 Å². The van der Waals surface area contributed by atoms with Crippen molar-refractivity contribution in [2.75, 3.05) is 10.6 Å². The van der Waals surface area contributed by atoms with E-state index in [1.807, 2.05) is 46.3 Å². The van der Waals surface area contributed by atoms with Crippen LogP contribution in [0.5, 0.6) is 0 Å². The topological polar surface area (TPSA) is 88.6 Å². The van der Waals surface area contributed by atoms with E-state index >= 15 is 0 Å². The van der Waals surface area contributed by atoms with Gasteiger partial charge in [0, 0.05) is 34.2 Å². The van der Waals surface area contributed by atoms with Gasteiger partial charge in [-0.25, -0.2) is 4.98 Å². The Bertz CT molecular complexity index is 1370. The number of rotatable bonds is 6. The predicted molar refractivity (Wildman–Crippen MR) is 124 cm³/mol. The standard InChI is InChI=1S/C24H18N4O3S/c29-22(25-17-8-10-18(11-9-17)26-23(30)21-7-4-12-31-21)13-19-15-32-24-27-20(14-28(19)24)16-5-2-1-3-6-16/h1-12,14-15H,13H2,(H,25,29)(H,26,30). The van der Waals surface area contributed by atoms with Crippen LogP contribution in [0, 0.1) is 0 Å². The van der Waals surface area contributed by atoms with Crippen molar-refractivity contribution in [2.45, 2.75) is 6.42 Å². The van der Waals surface area contributed by atoms with E-state index in [9.17, 15) is 9.59 Å². The Labute approximate surface area is 187 Å². The molecule has 0 spiro atoms. The van der Waals surface area contributed by atoms with Crippen LogP contribution in [0.2, 0.25) is 0 Å². The number of carbonyl (C=O) groups is 2. The molecule has 2 N–H and O–H groups in total. The van der Waals surface area contributed by atoms with E-state index in [0.29, 0.717) is 11.4 Å². The molecule has 0 aliphatic rings. The highest BCUT2D eigenvalue weighted by molar-refractivity contribution is 7.15. The summed E-state index contributed by atoms with van der Waals surface area (Å²) in [6, 6.07) is 20.1. The molecule has 2 aromatic carbocycles. The van der Waals surface area contributed by atoms with Gasteiger partial charge < -0.3 is 15.1 Å². The van der Waals surface area contributed by atoms with Crippen molar-refractivity contribution >= 4 is 39.5 Å². The molecule has 2 amide bonds. The molecule has 5 rings (SSSR count). The zero-order chi connectivity index (χ0) is 21.9. The van der Waals surface area contributed by atoms with Crippen molar-refractivity contribution in [3.63, 3.8) is 0 Å². The SMILES string of the molecule is O=C(Cc1csc2nc(-c3ccccc3)cn12)Nc1ccc(NC(=O)c2ccco2)cc1. The number of nitrogens with one attached hydrogen (secondary N) is 2. The normalized spacial score (nSPS) is 10.9. The van der Waals surface area contributed by atoms with E-state index in [2.05, 4.69) is 15.6 Å². The van der Waals surface area contributed by atoms with Gasteiger partial charge in [0.2, 0.25) is 5.91 Å². The molecule has 0 atom stereocenters. The number of hydrogen-bond donors (Lipinski definition) is 2. The summed E-state index contributed by atoms with van der Waals surface area (Å²) < 4.78 is 7.03. The highest BCUT2D eigenvalue weighted by Crippen LogP contribution is 2.24. The minimum absolute atomic E-state index is 0.132. The summed E-state index contributed by atoms with van der Waals surface area (Å²) >= 11 is 1.51. The average Bonchev–Trinajstić information content (AvgIpc) is 3.55. The molecule has 0 saturated heterocycles. The molecule has 7 nitrogen and oxygen atoms in total. The van der Waals surface area contributed by atoms with Gasteiger partial charge in [0.25, 0.3) is 5.91 Å².